The van der Waals surface area contributed by atoms with Crippen molar-refractivity contribution in [2.75, 3.05) is 0 Å². The lowest BCUT2D eigenvalue weighted by atomic mass is 10.3. The van der Waals surface area contributed by atoms with E-state index in [9.17, 15) is 9.59 Å². The van der Waals surface area contributed by atoms with Crippen molar-refractivity contribution in [2.24, 2.45) is 4.99 Å². The molecule has 0 bridgehead atoms. The zero-order chi connectivity index (χ0) is 14.9. The highest BCUT2D eigenvalue weighted by Gasteiger charge is 2.45. The van der Waals surface area contributed by atoms with Crippen LogP contribution in [0.3, 0.4) is 0 Å². The van der Waals surface area contributed by atoms with Crippen LogP contribution in [0.25, 0.3) is 0 Å². The number of rotatable bonds is 3. The van der Waals surface area contributed by atoms with Gasteiger partial charge in [0.1, 0.15) is 0 Å². The third-order valence-electron chi connectivity index (χ3n) is 3.07. The van der Waals surface area contributed by atoms with E-state index in [4.69, 9.17) is 0 Å². The lowest BCUT2D eigenvalue weighted by Gasteiger charge is -2.25. The minimum atomic E-state index is -0.511. The number of guanidine groups is 1. The molecule has 0 atom stereocenters. The predicted octanol–water partition coefficient (Wildman–Crippen LogP) is 2.16. The summed E-state index contributed by atoms with van der Waals surface area (Å²) in [7, 11) is 0. The number of hydrogen-bond acceptors (Lipinski definition) is 3. The summed E-state index contributed by atoms with van der Waals surface area (Å²) in [6.45, 7) is 7.48. The molecule has 0 saturated carbocycles. The highest BCUT2D eigenvalue weighted by atomic mass is 16.2. The Morgan fingerprint density at radius 1 is 0.850 bits per heavy atom. The zero-order valence-corrected chi connectivity index (χ0v) is 12.2. The highest BCUT2D eigenvalue weighted by molar-refractivity contribution is 6.45. The zero-order valence-electron chi connectivity index (χ0n) is 12.2. The van der Waals surface area contributed by atoms with E-state index < -0.39 is 11.8 Å². The predicted molar refractivity (Wildman–Crippen MR) is 77.5 cm³/mol. The Labute approximate surface area is 118 Å². The Kier molecular flexibility index (Phi) is 3.88. The van der Waals surface area contributed by atoms with E-state index in [2.05, 4.69) is 4.99 Å². The fraction of sp³-hybridized carbons (Fsp3) is 0.400. The van der Waals surface area contributed by atoms with Crippen molar-refractivity contribution >= 4 is 23.5 Å². The molecule has 2 amide bonds. The first-order valence-corrected chi connectivity index (χ1v) is 6.74. The summed E-state index contributed by atoms with van der Waals surface area (Å²) in [5.41, 5.74) is 0.723. The number of benzene rings is 1. The summed E-state index contributed by atoms with van der Waals surface area (Å²) in [6, 6.07) is 9.11. The van der Waals surface area contributed by atoms with Crippen molar-refractivity contribution in [3.63, 3.8) is 0 Å². The summed E-state index contributed by atoms with van der Waals surface area (Å²) in [4.78, 5) is 31.6. The number of carbonyl (C=O) groups excluding carboxylic acids is 2. The van der Waals surface area contributed by atoms with Crippen molar-refractivity contribution in [1.29, 1.82) is 0 Å². The van der Waals surface area contributed by atoms with E-state index in [1.807, 2.05) is 58.0 Å². The molecule has 5 nitrogen and oxygen atoms in total. The van der Waals surface area contributed by atoms with Crippen LogP contribution < -0.4 is 0 Å². The Morgan fingerprint density at radius 3 is 1.70 bits per heavy atom. The number of nitrogens with zero attached hydrogens (tertiary/aromatic N) is 3. The molecule has 0 unspecified atom stereocenters. The minimum Gasteiger partial charge on any atom is -0.271 e. The van der Waals surface area contributed by atoms with Crippen LogP contribution in [-0.4, -0.2) is 39.7 Å². The number of carbonyl (C=O) groups is 2. The largest absolute Gasteiger partial charge is 0.319 e. The standard InChI is InChI=1S/C15H19N3O2/c1-10(2)17-13(19)14(20)18(11(3)4)15(17)16-12-8-6-5-7-9-12/h5-11H,1-4H3. The summed E-state index contributed by atoms with van der Waals surface area (Å²) in [6.07, 6.45) is 0. The molecule has 0 N–H and O–H groups in total. The first-order valence-electron chi connectivity index (χ1n) is 6.74. The van der Waals surface area contributed by atoms with Gasteiger partial charge in [0.05, 0.1) is 5.69 Å². The van der Waals surface area contributed by atoms with Crippen molar-refractivity contribution in [2.45, 2.75) is 39.8 Å². The van der Waals surface area contributed by atoms with Gasteiger partial charge in [0.15, 0.2) is 0 Å². The SMILES string of the molecule is CC(C)N1C(=O)C(=O)N(C(C)C)C1=Nc1ccccc1. The second-order valence-electron chi connectivity index (χ2n) is 5.29. The van der Waals surface area contributed by atoms with Gasteiger partial charge in [0, 0.05) is 12.1 Å². The maximum atomic E-state index is 12.1. The van der Waals surface area contributed by atoms with E-state index in [1.165, 1.54) is 9.80 Å². The molecule has 5 heteroatoms. The minimum absolute atomic E-state index is 0.113. The van der Waals surface area contributed by atoms with Crippen LogP contribution in [0.2, 0.25) is 0 Å². The molecule has 0 spiro atoms. The molecule has 1 aromatic carbocycles. The highest BCUT2D eigenvalue weighted by Crippen LogP contribution is 2.22. The van der Waals surface area contributed by atoms with Crippen LogP contribution in [0.4, 0.5) is 5.69 Å². The van der Waals surface area contributed by atoms with Gasteiger partial charge in [-0.2, -0.15) is 0 Å². The van der Waals surface area contributed by atoms with Crippen LogP contribution in [0.1, 0.15) is 27.7 Å². The van der Waals surface area contributed by atoms with Gasteiger partial charge in [-0.05, 0) is 39.8 Å². The van der Waals surface area contributed by atoms with Crippen LogP contribution in [0, 0.1) is 0 Å². The summed E-state index contributed by atoms with van der Waals surface area (Å²) in [5.74, 6) is -0.608. The van der Waals surface area contributed by atoms with Crippen molar-refractivity contribution in [3.8, 4) is 0 Å². The fourth-order valence-corrected chi connectivity index (χ4v) is 2.16. The lowest BCUT2D eigenvalue weighted by Crippen LogP contribution is -2.41. The number of aliphatic imine (C=N–C) groups is 1. The first kappa shape index (κ1) is 14.2. The third-order valence-corrected chi connectivity index (χ3v) is 3.07. The van der Waals surface area contributed by atoms with Crippen LogP contribution in [-0.2, 0) is 9.59 Å². The normalized spacial score (nSPS) is 15.8. The molecule has 1 aliphatic rings. The van der Waals surface area contributed by atoms with Crippen molar-refractivity contribution < 1.29 is 9.59 Å². The average Bonchev–Trinajstić information content (AvgIpc) is 2.62. The molecule has 1 heterocycles. The number of hydrogen-bond donors (Lipinski definition) is 0. The second kappa shape index (κ2) is 5.45. The summed E-state index contributed by atoms with van der Waals surface area (Å²) >= 11 is 0. The molecule has 1 fully saturated rings. The Hall–Kier alpha value is -2.17. The van der Waals surface area contributed by atoms with Gasteiger partial charge >= 0.3 is 11.8 Å². The van der Waals surface area contributed by atoms with E-state index in [0.29, 0.717) is 5.96 Å². The monoisotopic (exact) mass is 273 g/mol. The molecule has 1 saturated heterocycles. The molecule has 2 rings (SSSR count). The van der Waals surface area contributed by atoms with Gasteiger partial charge in [0.2, 0.25) is 5.96 Å². The molecular formula is C15H19N3O2. The van der Waals surface area contributed by atoms with Gasteiger partial charge in [-0.1, -0.05) is 18.2 Å². The van der Waals surface area contributed by atoms with Gasteiger partial charge in [0.25, 0.3) is 0 Å². The van der Waals surface area contributed by atoms with Crippen LogP contribution >= 0.6 is 0 Å². The number of amides is 2. The lowest BCUT2D eigenvalue weighted by molar-refractivity contribution is -0.144. The van der Waals surface area contributed by atoms with Crippen LogP contribution in [0.15, 0.2) is 35.3 Å². The van der Waals surface area contributed by atoms with Gasteiger partial charge < -0.3 is 0 Å². The molecule has 0 radical (unpaired) electrons. The topological polar surface area (TPSA) is 53.0 Å². The van der Waals surface area contributed by atoms with E-state index in [-0.39, 0.29) is 12.1 Å². The molecule has 106 valence electrons. The fourth-order valence-electron chi connectivity index (χ4n) is 2.16. The van der Waals surface area contributed by atoms with Crippen molar-refractivity contribution in [3.05, 3.63) is 30.3 Å². The van der Waals surface area contributed by atoms with E-state index in [0.717, 1.165) is 5.69 Å². The molecule has 1 aromatic rings. The Morgan fingerprint density at radius 2 is 1.30 bits per heavy atom. The quantitative estimate of drug-likeness (QED) is 0.792. The average molecular weight is 273 g/mol. The Balaban J connectivity index is 2.51. The molecule has 20 heavy (non-hydrogen) atoms. The second-order valence-corrected chi connectivity index (χ2v) is 5.29. The Bertz CT molecular complexity index is 521. The maximum absolute atomic E-state index is 12.1. The van der Waals surface area contributed by atoms with Crippen LogP contribution in [0.5, 0.6) is 0 Å². The van der Waals surface area contributed by atoms with E-state index in [1.54, 1.807) is 0 Å². The van der Waals surface area contributed by atoms with Gasteiger partial charge in [-0.25, -0.2) is 4.99 Å². The smallest absolute Gasteiger partial charge is 0.271 e. The molecule has 0 aromatic heterocycles. The first-order chi connectivity index (χ1) is 9.43. The van der Waals surface area contributed by atoms with Gasteiger partial charge in [-0.15, -0.1) is 0 Å². The maximum Gasteiger partial charge on any atom is 0.319 e. The summed E-state index contributed by atoms with van der Waals surface area (Å²) < 4.78 is 0. The van der Waals surface area contributed by atoms with Crippen molar-refractivity contribution in [1.82, 2.24) is 9.80 Å². The van der Waals surface area contributed by atoms with E-state index >= 15 is 0 Å². The summed E-state index contributed by atoms with van der Waals surface area (Å²) in [5, 5.41) is 0. The molecular weight excluding hydrogens is 254 g/mol. The molecule has 1 aliphatic heterocycles. The molecule has 0 aliphatic carbocycles. The van der Waals surface area contributed by atoms with Gasteiger partial charge in [-0.3, -0.25) is 19.4 Å². The number of para-hydroxylation sites is 1. The third kappa shape index (κ3) is 2.43.